The number of carbonyl (C=O) groups excluding carboxylic acids is 3. The molecule has 0 aliphatic heterocycles. The highest BCUT2D eigenvalue weighted by Gasteiger charge is 2.26. The molecule has 0 atom stereocenters. The van der Waals surface area contributed by atoms with Gasteiger partial charge in [0.05, 0.1) is 17.7 Å². The van der Waals surface area contributed by atoms with Gasteiger partial charge in [0.25, 0.3) is 0 Å². The molecule has 2 aromatic heterocycles. The first-order chi connectivity index (χ1) is 12.3. The summed E-state index contributed by atoms with van der Waals surface area (Å²) in [5, 5.41) is 0. The Labute approximate surface area is 156 Å². The molecule has 0 fully saturated rings. The van der Waals surface area contributed by atoms with Gasteiger partial charge in [-0.1, -0.05) is 6.92 Å². The van der Waals surface area contributed by atoms with Crippen LogP contribution in [0.3, 0.4) is 0 Å². The summed E-state index contributed by atoms with van der Waals surface area (Å²) in [7, 11) is 0. The highest BCUT2D eigenvalue weighted by molar-refractivity contribution is 7.14. The average molecular weight is 377 g/mol. The summed E-state index contributed by atoms with van der Waals surface area (Å²) in [6.45, 7) is 8.83. The van der Waals surface area contributed by atoms with Crippen molar-refractivity contribution in [2.45, 2.75) is 41.0 Å². The van der Waals surface area contributed by atoms with Crippen LogP contribution in [0, 0.1) is 20.8 Å². The number of Topliss-reactive ketones (excluding diaryl/α,β-unsaturated/α-hetero) is 1. The van der Waals surface area contributed by atoms with Gasteiger partial charge in [-0.25, -0.2) is 9.59 Å². The molecular weight excluding hydrogens is 354 g/mol. The number of ketones is 1. The maximum Gasteiger partial charge on any atom is 0.348 e. The number of aromatic nitrogens is 1. The molecular formula is C19H23NO5S. The van der Waals surface area contributed by atoms with Gasteiger partial charge in [-0.05, 0) is 45.7 Å². The zero-order valence-electron chi connectivity index (χ0n) is 15.6. The topological polar surface area (TPSA) is 85.5 Å². The number of H-pyrrole nitrogens is 1. The van der Waals surface area contributed by atoms with Crippen molar-refractivity contribution in [2.24, 2.45) is 0 Å². The molecule has 2 aromatic rings. The zero-order chi connectivity index (χ0) is 19.4. The van der Waals surface area contributed by atoms with Gasteiger partial charge >= 0.3 is 11.9 Å². The molecule has 0 unspecified atom stereocenters. The second-order valence-corrected chi connectivity index (χ2v) is 7.05. The number of thiophene rings is 1. The largest absolute Gasteiger partial charge is 0.462 e. The van der Waals surface area contributed by atoms with Gasteiger partial charge in [0, 0.05) is 16.3 Å². The summed E-state index contributed by atoms with van der Waals surface area (Å²) >= 11 is 1.37. The fourth-order valence-corrected chi connectivity index (χ4v) is 3.84. The van der Waals surface area contributed by atoms with Crippen LogP contribution in [-0.2, 0) is 15.9 Å². The zero-order valence-corrected chi connectivity index (χ0v) is 16.5. The molecule has 2 rings (SSSR count). The van der Waals surface area contributed by atoms with Gasteiger partial charge in [-0.3, -0.25) is 4.79 Å². The highest BCUT2D eigenvalue weighted by Crippen LogP contribution is 2.24. The number of rotatable bonds is 7. The lowest BCUT2D eigenvalue weighted by atomic mass is 10.1. The molecule has 0 saturated carbocycles. The van der Waals surface area contributed by atoms with Crippen LogP contribution in [0.5, 0.6) is 0 Å². The quantitative estimate of drug-likeness (QED) is 0.586. The van der Waals surface area contributed by atoms with Crippen LogP contribution in [-0.4, -0.2) is 35.9 Å². The molecule has 2 heterocycles. The number of aryl methyl sites for hydroxylation is 4. The van der Waals surface area contributed by atoms with Crippen LogP contribution in [0.2, 0.25) is 0 Å². The Morgan fingerprint density at radius 2 is 1.65 bits per heavy atom. The second-order valence-electron chi connectivity index (χ2n) is 5.92. The molecule has 0 aliphatic rings. The fraction of sp³-hybridized carbons (Fsp3) is 0.421. The Hall–Kier alpha value is -2.41. The van der Waals surface area contributed by atoms with Crippen molar-refractivity contribution in [2.75, 3.05) is 13.2 Å². The smallest absolute Gasteiger partial charge is 0.348 e. The van der Waals surface area contributed by atoms with Crippen LogP contribution in [0.4, 0.5) is 0 Å². The van der Waals surface area contributed by atoms with Crippen molar-refractivity contribution in [3.63, 3.8) is 0 Å². The van der Waals surface area contributed by atoms with E-state index >= 15 is 0 Å². The highest BCUT2D eigenvalue weighted by atomic mass is 32.1. The van der Waals surface area contributed by atoms with Gasteiger partial charge in [0.1, 0.15) is 4.88 Å². The van der Waals surface area contributed by atoms with Gasteiger partial charge in [-0.2, -0.15) is 0 Å². The third-order valence-corrected chi connectivity index (χ3v) is 5.37. The molecule has 26 heavy (non-hydrogen) atoms. The van der Waals surface area contributed by atoms with Crippen LogP contribution in [0.15, 0.2) is 6.07 Å². The Morgan fingerprint density at radius 1 is 1.00 bits per heavy atom. The number of carbonyl (C=O) groups is 3. The molecule has 0 aliphatic carbocycles. The minimum Gasteiger partial charge on any atom is -0.462 e. The lowest BCUT2D eigenvalue weighted by Gasteiger charge is -2.06. The summed E-state index contributed by atoms with van der Waals surface area (Å²) < 4.78 is 10.2. The second kappa shape index (κ2) is 8.31. The lowest BCUT2D eigenvalue weighted by Crippen LogP contribution is -2.17. The fourth-order valence-electron chi connectivity index (χ4n) is 2.83. The van der Waals surface area contributed by atoms with Crippen LogP contribution < -0.4 is 0 Å². The van der Waals surface area contributed by atoms with E-state index < -0.39 is 24.3 Å². The van der Waals surface area contributed by atoms with Crippen molar-refractivity contribution in [1.82, 2.24) is 4.98 Å². The van der Waals surface area contributed by atoms with Crippen LogP contribution in [0.1, 0.15) is 66.1 Å². The van der Waals surface area contributed by atoms with Gasteiger partial charge < -0.3 is 14.5 Å². The van der Waals surface area contributed by atoms with Crippen molar-refractivity contribution < 1.29 is 23.9 Å². The van der Waals surface area contributed by atoms with Gasteiger partial charge in [-0.15, -0.1) is 11.3 Å². The first-order valence-corrected chi connectivity index (χ1v) is 9.27. The first kappa shape index (κ1) is 19.9. The molecule has 0 spiro atoms. The predicted octanol–water partition coefficient (Wildman–Crippen LogP) is 3.78. The Kier molecular flexibility index (Phi) is 6.37. The molecule has 0 saturated heterocycles. The van der Waals surface area contributed by atoms with Crippen LogP contribution >= 0.6 is 11.3 Å². The third-order valence-electron chi connectivity index (χ3n) is 4.01. The number of esters is 2. The average Bonchev–Trinajstić information content (AvgIpc) is 3.11. The number of hydrogen-bond donors (Lipinski definition) is 1. The maximum atomic E-state index is 12.6. The minimum atomic E-state index is -0.564. The summed E-state index contributed by atoms with van der Waals surface area (Å²) in [5.41, 5.74) is 2.55. The maximum absolute atomic E-state index is 12.6. The monoisotopic (exact) mass is 377 g/mol. The number of nitrogens with one attached hydrogen (secondary N) is 1. The van der Waals surface area contributed by atoms with E-state index in [1.807, 2.05) is 13.8 Å². The number of aromatic amines is 1. The number of ether oxygens (including phenoxy) is 2. The Bertz CT molecular complexity index is 846. The first-order valence-electron chi connectivity index (χ1n) is 8.45. The summed E-state index contributed by atoms with van der Waals surface area (Å²) in [6, 6.07) is 1.77. The molecule has 0 radical (unpaired) electrons. The summed E-state index contributed by atoms with van der Waals surface area (Å²) in [5.74, 6) is -1.54. The molecule has 0 amide bonds. The standard InChI is InChI=1S/C19H23NO5S/c1-6-14-10(3)8-15(26-14)18(22)25-9-13(21)16-11(4)20-12(5)17(16)19(23)24-7-2/h8,20H,6-7,9H2,1-5H3. The van der Waals surface area contributed by atoms with E-state index in [1.54, 1.807) is 26.8 Å². The van der Waals surface area contributed by atoms with Gasteiger partial charge in [0.15, 0.2) is 6.61 Å². The molecule has 0 aromatic carbocycles. The minimum absolute atomic E-state index is 0.200. The third kappa shape index (κ3) is 4.04. The van der Waals surface area contributed by atoms with E-state index in [1.165, 1.54) is 11.3 Å². The van der Waals surface area contributed by atoms with E-state index in [0.29, 0.717) is 16.3 Å². The number of hydrogen-bond acceptors (Lipinski definition) is 6. The van der Waals surface area contributed by atoms with Crippen molar-refractivity contribution in [3.8, 4) is 0 Å². The van der Waals surface area contributed by atoms with E-state index in [2.05, 4.69) is 4.98 Å². The Morgan fingerprint density at radius 3 is 2.23 bits per heavy atom. The van der Waals surface area contributed by atoms with Crippen molar-refractivity contribution in [1.29, 1.82) is 0 Å². The van der Waals surface area contributed by atoms with E-state index in [9.17, 15) is 14.4 Å². The molecule has 7 heteroatoms. The SMILES string of the molecule is CCOC(=O)c1c(C)[nH]c(C)c1C(=O)COC(=O)c1cc(C)c(CC)s1. The van der Waals surface area contributed by atoms with Crippen molar-refractivity contribution in [3.05, 3.63) is 43.9 Å². The van der Waals surface area contributed by atoms with Crippen LogP contribution in [0.25, 0.3) is 0 Å². The summed E-state index contributed by atoms with van der Waals surface area (Å²) in [6.07, 6.45) is 0.841. The van der Waals surface area contributed by atoms with E-state index in [-0.39, 0.29) is 17.7 Å². The molecule has 140 valence electrons. The predicted molar refractivity (Wildman–Crippen MR) is 99.3 cm³/mol. The summed E-state index contributed by atoms with van der Waals surface area (Å²) in [4.78, 5) is 41.5. The molecule has 1 N–H and O–H groups in total. The molecule has 0 bridgehead atoms. The lowest BCUT2D eigenvalue weighted by molar-refractivity contribution is 0.0476. The van der Waals surface area contributed by atoms with Gasteiger partial charge in [0.2, 0.25) is 5.78 Å². The van der Waals surface area contributed by atoms with E-state index in [4.69, 9.17) is 9.47 Å². The normalized spacial score (nSPS) is 10.7. The van der Waals surface area contributed by atoms with E-state index in [0.717, 1.165) is 16.9 Å². The molecule has 6 nitrogen and oxygen atoms in total. The van der Waals surface area contributed by atoms with Crippen molar-refractivity contribution >= 4 is 29.1 Å². The Balaban J connectivity index is 2.15.